The molecular weight excluding hydrogens is 325 g/mol. The molecular formula is C15H19Cl2N3O2. The van der Waals surface area contributed by atoms with E-state index in [1.807, 2.05) is 0 Å². The zero-order chi connectivity index (χ0) is 16.3. The van der Waals surface area contributed by atoms with Gasteiger partial charge in [-0.15, -0.1) is 0 Å². The van der Waals surface area contributed by atoms with E-state index in [2.05, 4.69) is 0 Å². The first kappa shape index (κ1) is 17.1. The van der Waals surface area contributed by atoms with Crippen molar-refractivity contribution in [1.29, 1.82) is 0 Å². The lowest BCUT2D eigenvalue weighted by Gasteiger charge is -2.35. The van der Waals surface area contributed by atoms with E-state index in [0.717, 1.165) is 0 Å². The summed E-state index contributed by atoms with van der Waals surface area (Å²) in [5, 5.41) is 0.864. The van der Waals surface area contributed by atoms with Crippen molar-refractivity contribution < 1.29 is 9.59 Å². The highest BCUT2D eigenvalue weighted by Gasteiger charge is 2.25. The quantitative estimate of drug-likeness (QED) is 0.912. The van der Waals surface area contributed by atoms with Crippen LogP contribution in [0.1, 0.15) is 23.7 Å². The van der Waals surface area contributed by atoms with E-state index in [0.29, 0.717) is 48.2 Å². The van der Waals surface area contributed by atoms with Crippen molar-refractivity contribution in [2.75, 3.05) is 26.2 Å². The summed E-state index contributed by atoms with van der Waals surface area (Å²) in [4.78, 5) is 27.8. The van der Waals surface area contributed by atoms with Crippen LogP contribution in [0.25, 0.3) is 0 Å². The third kappa shape index (κ3) is 4.35. The predicted octanol–water partition coefficient (Wildman–Crippen LogP) is 2.02. The maximum Gasteiger partial charge on any atom is 0.254 e. The fraction of sp³-hybridized carbons (Fsp3) is 0.467. The van der Waals surface area contributed by atoms with Gasteiger partial charge in [-0.1, -0.05) is 23.2 Å². The first-order valence-electron chi connectivity index (χ1n) is 7.15. The molecule has 0 aromatic heterocycles. The predicted molar refractivity (Wildman–Crippen MR) is 87.2 cm³/mol. The van der Waals surface area contributed by atoms with Gasteiger partial charge in [0.25, 0.3) is 5.91 Å². The zero-order valence-electron chi connectivity index (χ0n) is 12.4. The lowest BCUT2D eigenvalue weighted by molar-refractivity contribution is -0.132. The van der Waals surface area contributed by atoms with Crippen molar-refractivity contribution in [2.24, 2.45) is 5.73 Å². The van der Waals surface area contributed by atoms with Gasteiger partial charge in [-0.3, -0.25) is 9.59 Å². The maximum absolute atomic E-state index is 12.4. The fourth-order valence-corrected chi connectivity index (χ4v) is 2.95. The number of hydrogen-bond donors (Lipinski definition) is 1. The van der Waals surface area contributed by atoms with Crippen molar-refractivity contribution >= 4 is 35.0 Å². The third-order valence-corrected chi connectivity index (χ3v) is 3.96. The van der Waals surface area contributed by atoms with Gasteiger partial charge in [-0.05, 0) is 25.1 Å². The molecule has 0 spiro atoms. The molecule has 1 aromatic carbocycles. The summed E-state index contributed by atoms with van der Waals surface area (Å²) in [6.45, 7) is 3.83. The Morgan fingerprint density at radius 2 is 1.59 bits per heavy atom. The second-order valence-electron chi connectivity index (χ2n) is 5.51. The van der Waals surface area contributed by atoms with Crippen molar-refractivity contribution in [3.8, 4) is 0 Å². The lowest BCUT2D eigenvalue weighted by atomic mass is 10.1. The van der Waals surface area contributed by atoms with Crippen LogP contribution in [0.15, 0.2) is 18.2 Å². The van der Waals surface area contributed by atoms with Crippen LogP contribution in [-0.4, -0.2) is 53.8 Å². The van der Waals surface area contributed by atoms with Gasteiger partial charge < -0.3 is 15.5 Å². The molecule has 1 unspecified atom stereocenters. The number of piperazine rings is 1. The van der Waals surface area contributed by atoms with Crippen LogP contribution in [-0.2, 0) is 4.79 Å². The number of nitrogens with zero attached hydrogens (tertiary/aromatic N) is 2. The minimum atomic E-state index is -0.152. The van der Waals surface area contributed by atoms with Gasteiger partial charge >= 0.3 is 0 Å². The molecule has 1 aliphatic rings. The first-order chi connectivity index (χ1) is 10.4. The average molecular weight is 344 g/mol. The molecule has 0 bridgehead atoms. The topological polar surface area (TPSA) is 66.6 Å². The van der Waals surface area contributed by atoms with Gasteiger partial charge in [0.2, 0.25) is 5.91 Å². The van der Waals surface area contributed by atoms with Crippen LogP contribution in [0.3, 0.4) is 0 Å². The normalized spacial score (nSPS) is 16.5. The molecule has 1 aromatic rings. The molecule has 2 N–H and O–H groups in total. The van der Waals surface area contributed by atoms with Crippen LogP contribution in [0.4, 0.5) is 0 Å². The van der Waals surface area contributed by atoms with Crippen LogP contribution in [0, 0.1) is 0 Å². The van der Waals surface area contributed by atoms with Crippen LogP contribution >= 0.6 is 23.2 Å². The molecule has 2 rings (SSSR count). The van der Waals surface area contributed by atoms with Crippen molar-refractivity contribution in [3.63, 3.8) is 0 Å². The van der Waals surface area contributed by atoms with Crippen LogP contribution in [0.2, 0.25) is 10.0 Å². The number of benzene rings is 1. The van der Waals surface area contributed by atoms with Gasteiger partial charge in [-0.25, -0.2) is 0 Å². The van der Waals surface area contributed by atoms with Gasteiger partial charge in [-0.2, -0.15) is 0 Å². The molecule has 7 heteroatoms. The van der Waals surface area contributed by atoms with Gasteiger partial charge in [0.1, 0.15) is 0 Å². The van der Waals surface area contributed by atoms with Crippen molar-refractivity contribution in [2.45, 2.75) is 19.4 Å². The summed E-state index contributed by atoms with van der Waals surface area (Å²) >= 11 is 11.9. The molecule has 2 amide bonds. The smallest absolute Gasteiger partial charge is 0.254 e. The molecule has 1 atom stereocenters. The lowest BCUT2D eigenvalue weighted by Crippen LogP contribution is -2.51. The molecule has 0 radical (unpaired) electrons. The monoisotopic (exact) mass is 343 g/mol. The summed E-state index contributed by atoms with van der Waals surface area (Å²) < 4.78 is 0. The summed E-state index contributed by atoms with van der Waals surface area (Å²) in [6.07, 6.45) is 0.331. The molecule has 1 saturated heterocycles. The van der Waals surface area contributed by atoms with E-state index in [-0.39, 0.29) is 17.9 Å². The summed E-state index contributed by atoms with van der Waals surface area (Å²) in [6, 6.07) is 4.64. The molecule has 0 aliphatic carbocycles. The SMILES string of the molecule is CC(N)CC(=O)N1CCN(C(=O)c2cc(Cl)cc(Cl)c2)CC1. The molecule has 0 saturated carbocycles. The Morgan fingerprint density at radius 3 is 2.09 bits per heavy atom. The van der Waals surface area contributed by atoms with E-state index in [1.54, 1.807) is 34.9 Å². The minimum Gasteiger partial charge on any atom is -0.339 e. The Kier molecular flexibility index (Phi) is 5.67. The second-order valence-corrected chi connectivity index (χ2v) is 6.39. The van der Waals surface area contributed by atoms with Gasteiger partial charge in [0.15, 0.2) is 0 Å². The molecule has 120 valence electrons. The van der Waals surface area contributed by atoms with Crippen molar-refractivity contribution in [3.05, 3.63) is 33.8 Å². The van der Waals surface area contributed by atoms with Crippen molar-refractivity contribution in [1.82, 2.24) is 9.80 Å². The number of rotatable bonds is 3. The first-order valence-corrected chi connectivity index (χ1v) is 7.91. The van der Waals surface area contributed by atoms with E-state index in [4.69, 9.17) is 28.9 Å². The highest BCUT2D eigenvalue weighted by molar-refractivity contribution is 6.35. The number of carbonyl (C=O) groups is 2. The third-order valence-electron chi connectivity index (χ3n) is 3.53. The summed E-state index contributed by atoms with van der Waals surface area (Å²) in [5.74, 6) is -0.0865. The number of amides is 2. The van der Waals surface area contributed by atoms with E-state index in [1.165, 1.54) is 0 Å². The minimum absolute atomic E-state index is 0.0351. The Hall–Kier alpha value is -1.30. The highest BCUT2D eigenvalue weighted by atomic mass is 35.5. The summed E-state index contributed by atoms with van der Waals surface area (Å²) in [7, 11) is 0. The Morgan fingerprint density at radius 1 is 1.09 bits per heavy atom. The molecule has 22 heavy (non-hydrogen) atoms. The van der Waals surface area contributed by atoms with E-state index < -0.39 is 0 Å². The second kappa shape index (κ2) is 7.31. The Balaban J connectivity index is 1.96. The van der Waals surface area contributed by atoms with Gasteiger partial charge in [0, 0.05) is 54.3 Å². The maximum atomic E-state index is 12.4. The highest BCUT2D eigenvalue weighted by Crippen LogP contribution is 2.20. The largest absolute Gasteiger partial charge is 0.339 e. The summed E-state index contributed by atoms with van der Waals surface area (Å²) in [5.41, 5.74) is 6.11. The standard InChI is InChI=1S/C15H19Cl2N3O2/c1-10(18)6-14(21)19-2-4-20(5-3-19)15(22)11-7-12(16)9-13(17)8-11/h7-10H,2-6,18H2,1H3. The Labute approximate surface area is 139 Å². The zero-order valence-corrected chi connectivity index (χ0v) is 13.9. The fourth-order valence-electron chi connectivity index (χ4n) is 2.42. The molecule has 1 fully saturated rings. The van der Waals surface area contributed by atoms with Crippen LogP contribution < -0.4 is 5.73 Å². The average Bonchev–Trinajstić information content (AvgIpc) is 2.45. The number of carbonyl (C=O) groups excluding carboxylic acids is 2. The number of hydrogen-bond acceptors (Lipinski definition) is 3. The molecule has 5 nitrogen and oxygen atoms in total. The molecule has 1 aliphatic heterocycles. The van der Waals surface area contributed by atoms with Gasteiger partial charge in [0.05, 0.1) is 0 Å². The number of halogens is 2. The van der Waals surface area contributed by atoms with E-state index in [9.17, 15) is 9.59 Å². The van der Waals surface area contributed by atoms with Crippen LogP contribution in [0.5, 0.6) is 0 Å². The van der Waals surface area contributed by atoms with E-state index >= 15 is 0 Å². The molecule has 1 heterocycles. The Bertz CT molecular complexity index is 550. The number of nitrogens with two attached hydrogens (primary N) is 1.